The van der Waals surface area contributed by atoms with Crippen LogP contribution < -0.4 is 5.32 Å². The summed E-state index contributed by atoms with van der Waals surface area (Å²) in [5.41, 5.74) is 1.22. The molecule has 2 aromatic carbocycles. The zero-order valence-corrected chi connectivity index (χ0v) is 18.8. The third-order valence-corrected chi connectivity index (χ3v) is 8.24. The van der Waals surface area contributed by atoms with Gasteiger partial charge in [0.25, 0.3) is 0 Å². The lowest BCUT2D eigenvalue weighted by Crippen LogP contribution is -2.40. The second-order valence-electron chi connectivity index (χ2n) is 6.38. The molecular formula is C19H20Cl2N2O4S2. The van der Waals surface area contributed by atoms with Crippen molar-refractivity contribution in [3.05, 3.63) is 52.0 Å². The van der Waals surface area contributed by atoms with E-state index in [0.29, 0.717) is 46.9 Å². The van der Waals surface area contributed by atoms with Crippen molar-refractivity contribution in [1.29, 1.82) is 0 Å². The van der Waals surface area contributed by atoms with E-state index in [1.165, 1.54) is 22.1 Å². The number of nitrogens with one attached hydrogen (secondary N) is 1. The van der Waals surface area contributed by atoms with Crippen LogP contribution in [-0.4, -0.2) is 50.7 Å². The van der Waals surface area contributed by atoms with Gasteiger partial charge in [0, 0.05) is 23.7 Å². The first-order valence-electron chi connectivity index (χ1n) is 8.84. The summed E-state index contributed by atoms with van der Waals surface area (Å²) in [7, 11) is -3.64. The fourth-order valence-electron chi connectivity index (χ4n) is 2.78. The molecule has 1 aliphatic heterocycles. The molecule has 0 unspecified atom stereocenters. The third kappa shape index (κ3) is 5.45. The van der Waals surface area contributed by atoms with Gasteiger partial charge in [-0.2, -0.15) is 4.31 Å². The molecule has 1 saturated heterocycles. The smallest absolute Gasteiger partial charge is 0.243 e. The van der Waals surface area contributed by atoms with E-state index in [9.17, 15) is 13.2 Å². The van der Waals surface area contributed by atoms with Crippen LogP contribution in [-0.2, 0) is 19.6 Å². The summed E-state index contributed by atoms with van der Waals surface area (Å²) >= 11 is 13.5. The van der Waals surface area contributed by atoms with Crippen LogP contribution in [0.1, 0.15) is 5.56 Å². The van der Waals surface area contributed by atoms with Crippen LogP contribution in [0.5, 0.6) is 0 Å². The fraction of sp³-hybridized carbons (Fsp3) is 0.316. The monoisotopic (exact) mass is 474 g/mol. The average Bonchev–Trinajstić information content (AvgIpc) is 2.70. The third-order valence-electron chi connectivity index (χ3n) is 4.36. The zero-order valence-electron chi connectivity index (χ0n) is 15.7. The van der Waals surface area contributed by atoms with Crippen molar-refractivity contribution in [3.63, 3.8) is 0 Å². The summed E-state index contributed by atoms with van der Waals surface area (Å²) in [5, 5.41) is 3.74. The molecule has 0 bridgehead atoms. The Morgan fingerprint density at radius 3 is 2.48 bits per heavy atom. The van der Waals surface area contributed by atoms with Gasteiger partial charge in [0.05, 0.1) is 33.9 Å². The van der Waals surface area contributed by atoms with Gasteiger partial charge in [-0.25, -0.2) is 8.42 Å². The van der Waals surface area contributed by atoms with E-state index >= 15 is 0 Å². The fourth-order valence-corrected chi connectivity index (χ4v) is 5.70. The van der Waals surface area contributed by atoms with Crippen LogP contribution in [0.25, 0.3) is 0 Å². The molecule has 0 saturated carbocycles. The van der Waals surface area contributed by atoms with Crippen molar-refractivity contribution >= 4 is 56.6 Å². The molecule has 6 nitrogen and oxygen atoms in total. The molecule has 1 amide bonds. The predicted molar refractivity (Wildman–Crippen MR) is 117 cm³/mol. The summed E-state index contributed by atoms with van der Waals surface area (Å²) in [4.78, 5) is 13.2. The number of benzene rings is 2. The minimum Gasteiger partial charge on any atom is -0.379 e. The molecule has 0 spiro atoms. The molecule has 0 atom stereocenters. The number of anilines is 1. The highest BCUT2D eigenvalue weighted by Crippen LogP contribution is 2.34. The van der Waals surface area contributed by atoms with E-state index in [1.807, 2.05) is 0 Å². The number of carbonyl (C=O) groups is 1. The number of nitrogens with zero attached hydrogens (tertiary/aromatic N) is 1. The Morgan fingerprint density at radius 2 is 1.83 bits per heavy atom. The Kier molecular flexibility index (Phi) is 7.47. The van der Waals surface area contributed by atoms with Crippen LogP contribution in [0.2, 0.25) is 10.0 Å². The van der Waals surface area contributed by atoms with Gasteiger partial charge >= 0.3 is 0 Å². The van der Waals surface area contributed by atoms with E-state index in [0.717, 1.165) is 5.56 Å². The molecule has 10 heteroatoms. The van der Waals surface area contributed by atoms with Crippen molar-refractivity contribution in [2.24, 2.45) is 0 Å². The lowest BCUT2D eigenvalue weighted by molar-refractivity contribution is -0.113. The van der Waals surface area contributed by atoms with Gasteiger partial charge < -0.3 is 10.1 Å². The first kappa shape index (κ1) is 22.4. The van der Waals surface area contributed by atoms with E-state index in [1.54, 1.807) is 37.3 Å². The Labute approximate surface area is 184 Å². The minimum absolute atomic E-state index is 0.0866. The van der Waals surface area contributed by atoms with E-state index in [4.69, 9.17) is 27.9 Å². The van der Waals surface area contributed by atoms with Gasteiger partial charge in [0.2, 0.25) is 15.9 Å². The van der Waals surface area contributed by atoms with Crippen LogP contribution in [0.3, 0.4) is 0 Å². The van der Waals surface area contributed by atoms with Gasteiger partial charge in [0.1, 0.15) is 0 Å². The normalized spacial score (nSPS) is 15.3. The molecule has 156 valence electrons. The summed E-state index contributed by atoms with van der Waals surface area (Å²) in [6.45, 7) is 3.17. The van der Waals surface area contributed by atoms with Gasteiger partial charge in [-0.1, -0.05) is 35.3 Å². The number of morpholine rings is 1. The summed E-state index contributed by atoms with van der Waals surface area (Å²) in [6, 6.07) is 9.87. The molecule has 0 aliphatic carbocycles. The number of ether oxygens (including phenoxy) is 1. The number of sulfonamides is 1. The Hall–Kier alpha value is -1.29. The molecule has 1 N–H and O–H groups in total. The number of hydrogen-bond donors (Lipinski definition) is 1. The Bertz CT molecular complexity index is 989. The maximum atomic E-state index is 12.8. The number of carbonyl (C=O) groups excluding carboxylic acids is 1. The molecule has 1 fully saturated rings. The van der Waals surface area contributed by atoms with Crippen LogP contribution in [0.4, 0.5) is 5.69 Å². The highest BCUT2D eigenvalue weighted by molar-refractivity contribution is 8.00. The number of aryl methyl sites for hydroxylation is 1. The van der Waals surface area contributed by atoms with E-state index in [-0.39, 0.29) is 16.6 Å². The summed E-state index contributed by atoms with van der Waals surface area (Å²) in [6.07, 6.45) is 0. The van der Waals surface area contributed by atoms with Gasteiger partial charge in [-0.3, -0.25) is 4.79 Å². The van der Waals surface area contributed by atoms with Crippen molar-refractivity contribution in [3.8, 4) is 0 Å². The van der Waals surface area contributed by atoms with Gasteiger partial charge in [0.15, 0.2) is 0 Å². The van der Waals surface area contributed by atoms with Crippen molar-refractivity contribution in [2.75, 3.05) is 37.4 Å². The van der Waals surface area contributed by atoms with Crippen LogP contribution in [0, 0.1) is 6.92 Å². The predicted octanol–water partition coefficient (Wildman–Crippen LogP) is 4.05. The first-order chi connectivity index (χ1) is 13.8. The Balaban J connectivity index is 1.72. The summed E-state index contributed by atoms with van der Waals surface area (Å²) < 4.78 is 32.3. The molecule has 29 heavy (non-hydrogen) atoms. The van der Waals surface area contributed by atoms with Crippen molar-refractivity contribution < 1.29 is 17.9 Å². The molecule has 0 radical (unpaired) electrons. The molecule has 1 heterocycles. The topological polar surface area (TPSA) is 75.7 Å². The lowest BCUT2D eigenvalue weighted by atomic mass is 10.2. The van der Waals surface area contributed by atoms with Gasteiger partial charge in [-0.15, -0.1) is 11.8 Å². The highest BCUT2D eigenvalue weighted by Gasteiger charge is 2.27. The number of thioether (sulfide) groups is 1. The maximum Gasteiger partial charge on any atom is 0.243 e. The second kappa shape index (κ2) is 9.68. The largest absolute Gasteiger partial charge is 0.379 e. The zero-order chi connectivity index (χ0) is 21.0. The minimum atomic E-state index is -3.64. The maximum absolute atomic E-state index is 12.8. The van der Waals surface area contributed by atoms with Crippen molar-refractivity contribution in [1.82, 2.24) is 4.31 Å². The highest BCUT2D eigenvalue weighted by atomic mass is 35.5. The Morgan fingerprint density at radius 1 is 1.17 bits per heavy atom. The number of amides is 1. The number of halogens is 2. The van der Waals surface area contributed by atoms with Crippen LogP contribution in [0.15, 0.2) is 46.2 Å². The second-order valence-corrected chi connectivity index (χ2v) is 10.1. The van der Waals surface area contributed by atoms with E-state index < -0.39 is 10.0 Å². The summed E-state index contributed by atoms with van der Waals surface area (Å²) in [5.74, 6) is -0.196. The molecule has 0 aromatic heterocycles. The molecule has 3 rings (SSSR count). The van der Waals surface area contributed by atoms with Gasteiger partial charge in [-0.05, 0) is 36.8 Å². The first-order valence-corrected chi connectivity index (χ1v) is 12.0. The molecular weight excluding hydrogens is 455 g/mol. The van der Waals surface area contributed by atoms with Crippen LogP contribution >= 0.6 is 35.0 Å². The quantitative estimate of drug-likeness (QED) is 0.638. The standard InChI is InChI=1S/C19H20Cl2N2O4S2/c1-13-5-6-14(29(25,26)23-7-9-27-10-8-23)11-17(13)22-18(24)12-28-19-15(20)3-2-4-16(19)21/h2-6,11H,7-10,12H2,1H3,(H,22,24). The molecule has 1 aliphatic rings. The number of rotatable bonds is 6. The lowest BCUT2D eigenvalue weighted by Gasteiger charge is -2.26. The van der Waals surface area contributed by atoms with E-state index in [2.05, 4.69) is 5.32 Å². The molecule has 2 aromatic rings. The van der Waals surface area contributed by atoms with Crippen molar-refractivity contribution in [2.45, 2.75) is 16.7 Å². The number of hydrogen-bond acceptors (Lipinski definition) is 5. The average molecular weight is 475 g/mol. The SMILES string of the molecule is Cc1ccc(S(=O)(=O)N2CCOCC2)cc1NC(=O)CSc1c(Cl)cccc1Cl.